The summed E-state index contributed by atoms with van der Waals surface area (Å²) in [4.78, 5) is 34.7. The molecule has 7 nitrogen and oxygen atoms in total. The van der Waals surface area contributed by atoms with Gasteiger partial charge in [-0.2, -0.15) is 0 Å². The molecule has 0 aliphatic carbocycles. The Labute approximate surface area is 135 Å². The van der Waals surface area contributed by atoms with E-state index in [4.69, 9.17) is 9.47 Å². The van der Waals surface area contributed by atoms with Crippen LogP contribution in [-0.2, 0) is 14.3 Å². The zero-order valence-corrected chi connectivity index (χ0v) is 13.5. The molecule has 0 aromatic heterocycles. The van der Waals surface area contributed by atoms with E-state index in [1.807, 2.05) is 19.9 Å². The monoisotopic (exact) mass is 322 g/mol. The number of hydrogen-bond acceptors (Lipinski definition) is 5. The highest BCUT2D eigenvalue weighted by molar-refractivity contribution is 5.95. The second kappa shape index (κ2) is 9.45. The Morgan fingerprint density at radius 2 is 1.78 bits per heavy atom. The Morgan fingerprint density at radius 3 is 2.39 bits per heavy atom. The van der Waals surface area contributed by atoms with Gasteiger partial charge in [0.1, 0.15) is 5.75 Å². The smallest absolute Gasteiger partial charge is 0.347 e. The number of para-hydroxylation sites is 1. The van der Waals surface area contributed by atoms with Gasteiger partial charge in [0.25, 0.3) is 5.91 Å². The number of carbonyl (C=O) groups excluding carboxylic acids is 3. The average molecular weight is 322 g/mol. The Hall–Kier alpha value is -2.57. The van der Waals surface area contributed by atoms with Gasteiger partial charge in [0, 0.05) is 6.04 Å². The van der Waals surface area contributed by atoms with Crippen LogP contribution in [0.1, 0.15) is 27.2 Å². The van der Waals surface area contributed by atoms with Crippen LogP contribution in [-0.4, -0.2) is 36.7 Å². The van der Waals surface area contributed by atoms with Crippen molar-refractivity contribution >= 4 is 17.9 Å². The van der Waals surface area contributed by atoms with Gasteiger partial charge in [-0.25, -0.2) is 9.59 Å². The molecule has 3 amide bonds. The maximum Gasteiger partial charge on any atom is 0.347 e. The summed E-state index contributed by atoms with van der Waals surface area (Å²) in [5.41, 5.74) is 0. The van der Waals surface area contributed by atoms with Gasteiger partial charge in [0.05, 0.1) is 0 Å². The predicted octanol–water partition coefficient (Wildman–Crippen LogP) is 1.62. The molecule has 126 valence electrons. The highest BCUT2D eigenvalue weighted by atomic mass is 16.6. The van der Waals surface area contributed by atoms with E-state index in [1.165, 1.54) is 6.92 Å². The Bertz CT molecular complexity index is 533. The summed E-state index contributed by atoms with van der Waals surface area (Å²) in [7, 11) is 0. The van der Waals surface area contributed by atoms with Crippen LogP contribution >= 0.6 is 0 Å². The number of hydrogen-bond donors (Lipinski definition) is 2. The molecule has 1 aromatic rings. The summed E-state index contributed by atoms with van der Waals surface area (Å²) in [5.74, 6) is -0.869. The third-order valence-electron chi connectivity index (χ3n) is 2.98. The second-order valence-electron chi connectivity index (χ2n) is 5.01. The zero-order valence-electron chi connectivity index (χ0n) is 13.5. The first-order chi connectivity index (χ1) is 10.9. The van der Waals surface area contributed by atoms with Crippen molar-refractivity contribution in [3.8, 4) is 5.75 Å². The predicted molar refractivity (Wildman–Crippen MR) is 83.9 cm³/mol. The molecule has 23 heavy (non-hydrogen) atoms. The van der Waals surface area contributed by atoms with E-state index < -0.39 is 30.6 Å². The van der Waals surface area contributed by atoms with Crippen LogP contribution < -0.4 is 15.4 Å². The standard InChI is InChI=1S/C16H22N2O5/c1-4-11(2)17-16(21)18-14(19)10-22-15(20)12(3)23-13-8-6-5-7-9-13/h5-9,11-12H,4,10H2,1-3H3,(H2,17,18,19,21)/t11-,12-/m0/s1. The van der Waals surface area contributed by atoms with Crippen molar-refractivity contribution < 1.29 is 23.9 Å². The molecular weight excluding hydrogens is 300 g/mol. The fourth-order valence-electron chi connectivity index (χ4n) is 1.53. The van der Waals surface area contributed by atoms with E-state index in [-0.39, 0.29) is 6.04 Å². The number of carbonyl (C=O) groups is 3. The van der Waals surface area contributed by atoms with Crippen LogP contribution in [0.3, 0.4) is 0 Å². The number of ether oxygens (including phenoxy) is 2. The highest BCUT2D eigenvalue weighted by Crippen LogP contribution is 2.11. The van der Waals surface area contributed by atoms with Gasteiger partial charge in [-0.3, -0.25) is 10.1 Å². The van der Waals surface area contributed by atoms with E-state index in [9.17, 15) is 14.4 Å². The van der Waals surface area contributed by atoms with E-state index in [0.717, 1.165) is 6.42 Å². The van der Waals surface area contributed by atoms with Gasteiger partial charge in [-0.05, 0) is 32.4 Å². The van der Waals surface area contributed by atoms with Gasteiger partial charge in [-0.15, -0.1) is 0 Å². The number of rotatable bonds is 7. The zero-order chi connectivity index (χ0) is 17.2. The molecule has 0 radical (unpaired) electrons. The maximum absolute atomic E-state index is 11.7. The maximum atomic E-state index is 11.7. The van der Waals surface area contributed by atoms with Crippen molar-refractivity contribution in [2.45, 2.75) is 39.3 Å². The third kappa shape index (κ3) is 7.30. The van der Waals surface area contributed by atoms with Crippen molar-refractivity contribution in [3.63, 3.8) is 0 Å². The molecule has 2 atom stereocenters. The summed E-state index contributed by atoms with van der Waals surface area (Å²) < 4.78 is 10.2. The van der Waals surface area contributed by atoms with E-state index in [2.05, 4.69) is 10.6 Å². The molecule has 1 rings (SSSR count). The lowest BCUT2D eigenvalue weighted by atomic mass is 10.3. The van der Waals surface area contributed by atoms with E-state index in [0.29, 0.717) is 5.75 Å². The van der Waals surface area contributed by atoms with Crippen molar-refractivity contribution in [2.75, 3.05) is 6.61 Å². The first-order valence-corrected chi connectivity index (χ1v) is 7.41. The first-order valence-electron chi connectivity index (χ1n) is 7.41. The minimum atomic E-state index is -0.862. The van der Waals surface area contributed by atoms with Gasteiger partial charge < -0.3 is 14.8 Å². The summed E-state index contributed by atoms with van der Waals surface area (Å²) in [5, 5.41) is 4.65. The molecular formula is C16H22N2O5. The topological polar surface area (TPSA) is 93.7 Å². The fraction of sp³-hybridized carbons (Fsp3) is 0.438. The summed E-state index contributed by atoms with van der Waals surface area (Å²) >= 11 is 0. The van der Waals surface area contributed by atoms with Crippen molar-refractivity contribution in [1.82, 2.24) is 10.6 Å². The van der Waals surface area contributed by atoms with Crippen molar-refractivity contribution in [2.24, 2.45) is 0 Å². The molecule has 0 fully saturated rings. The molecule has 2 N–H and O–H groups in total. The quantitative estimate of drug-likeness (QED) is 0.744. The summed E-state index contributed by atoms with van der Waals surface area (Å²) in [6.07, 6.45) is -0.121. The van der Waals surface area contributed by atoms with Crippen LogP contribution in [0, 0.1) is 0 Å². The Morgan fingerprint density at radius 1 is 1.13 bits per heavy atom. The summed E-state index contributed by atoms with van der Waals surface area (Å²) in [6.45, 7) is 4.69. The van der Waals surface area contributed by atoms with Gasteiger partial charge in [-0.1, -0.05) is 25.1 Å². The highest BCUT2D eigenvalue weighted by Gasteiger charge is 2.18. The molecule has 0 saturated carbocycles. The van der Waals surface area contributed by atoms with E-state index in [1.54, 1.807) is 24.3 Å². The first kappa shape index (κ1) is 18.5. The molecule has 0 unspecified atom stereocenters. The van der Waals surface area contributed by atoms with Crippen LogP contribution in [0.2, 0.25) is 0 Å². The van der Waals surface area contributed by atoms with Crippen LogP contribution in [0.25, 0.3) is 0 Å². The second-order valence-corrected chi connectivity index (χ2v) is 5.01. The normalized spacial score (nSPS) is 12.7. The molecule has 1 aromatic carbocycles. The molecule has 7 heteroatoms. The molecule has 0 spiro atoms. The molecule has 0 aliphatic heterocycles. The van der Waals surface area contributed by atoms with Crippen LogP contribution in [0.4, 0.5) is 4.79 Å². The van der Waals surface area contributed by atoms with Crippen LogP contribution in [0.5, 0.6) is 5.75 Å². The van der Waals surface area contributed by atoms with Gasteiger partial charge in [0.15, 0.2) is 12.7 Å². The third-order valence-corrected chi connectivity index (χ3v) is 2.98. The number of urea groups is 1. The lowest BCUT2D eigenvalue weighted by Crippen LogP contribution is -2.45. The minimum absolute atomic E-state index is 0.0513. The van der Waals surface area contributed by atoms with Crippen molar-refractivity contribution in [3.05, 3.63) is 30.3 Å². The summed E-state index contributed by atoms with van der Waals surface area (Å²) in [6, 6.07) is 8.11. The lowest BCUT2D eigenvalue weighted by Gasteiger charge is -2.14. The lowest BCUT2D eigenvalue weighted by molar-refractivity contribution is -0.154. The molecule has 0 saturated heterocycles. The van der Waals surface area contributed by atoms with Gasteiger partial charge >= 0.3 is 12.0 Å². The van der Waals surface area contributed by atoms with Crippen LogP contribution in [0.15, 0.2) is 30.3 Å². The Balaban J connectivity index is 2.31. The van der Waals surface area contributed by atoms with Gasteiger partial charge in [0.2, 0.25) is 0 Å². The number of imide groups is 1. The minimum Gasteiger partial charge on any atom is -0.479 e. The molecule has 0 aliphatic rings. The largest absolute Gasteiger partial charge is 0.479 e. The number of esters is 1. The number of amides is 3. The number of nitrogens with one attached hydrogen (secondary N) is 2. The van der Waals surface area contributed by atoms with Crippen molar-refractivity contribution in [1.29, 1.82) is 0 Å². The fourth-order valence-corrected chi connectivity index (χ4v) is 1.53. The Kier molecular flexibility index (Phi) is 7.59. The average Bonchev–Trinajstić information content (AvgIpc) is 2.53. The molecule has 0 heterocycles. The SMILES string of the molecule is CC[C@H](C)NC(=O)NC(=O)COC(=O)[C@H](C)Oc1ccccc1. The number of benzene rings is 1. The molecule has 0 bridgehead atoms. The van der Waals surface area contributed by atoms with E-state index >= 15 is 0 Å².